The Balaban J connectivity index is 2.27. The lowest BCUT2D eigenvalue weighted by atomic mass is 9.95. The lowest BCUT2D eigenvalue weighted by molar-refractivity contribution is 0.0682. The molecule has 0 saturated heterocycles. The van der Waals surface area contributed by atoms with E-state index in [4.69, 9.17) is 15.2 Å². The number of methoxy groups -OCH3 is 1. The molecule has 2 N–H and O–H groups in total. The fraction of sp³-hybridized carbons (Fsp3) is 0.571. The molecule has 0 aliphatic heterocycles. The van der Waals surface area contributed by atoms with Gasteiger partial charge in [0, 0.05) is 18.2 Å². The van der Waals surface area contributed by atoms with Crippen molar-refractivity contribution in [2.75, 3.05) is 33.5 Å². The number of benzene rings is 1. The zero-order chi connectivity index (χ0) is 13.2. The molecule has 3 nitrogen and oxygen atoms in total. The third-order valence-corrected chi connectivity index (χ3v) is 3.43. The molecule has 0 heterocycles. The van der Waals surface area contributed by atoms with Gasteiger partial charge in [0.15, 0.2) is 0 Å². The lowest BCUT2D eigenvalue weighted by Gasteiger charge is -2.15. The van der Waals surface area contributed by atoms with Crippen LogP contribution in [-0.2, 0) is 9.47 Å². The van der Waals surface area contributed by atoms with Gasteiger partial charge >= 0.3 is 0 Å². The summed E-state index contributed by atoms with van der Waals surface area (Å²) in [5, 5.41) is 0. The van der Waals surface area contributed by atoms with E-state index in [1.807, 2.05) is 0 Å². The molecule has 0 saturated carbocycles. The smallest absolute Gasteiger partial charge is 0.0700 e. The molecular weight excluding hydrogens is 294 g/mol. The predicted molar refractivity (Wildman–Crippen MR) is 77.9 cm³/mol. The Bertz CT molecular complexity index is 316. The molecule has 18 heavy (non-hydrogen) atoms. The molecule has 0 spiro atoms. The topological polar surface area (TPSA) is 44.5 Å². The summed E-state index contributed by atoms with van der Waals surface area (Å²) in [5.41, 5.74) is 7.14. The average molecular weight is 316 g/mol. The molecule has 102 valence electrons. The normalized spacial score (nSPS) is 12.6. The van der Waals surface area contributed by atoms with Crippen molar-refractivity contribution in [2.24, 2.45) is 5.73 Å². The van der Waals surface area contributed by atoms with Crippen molar-refractivity contribution < 1.29 is 9.47 Å². The van der Waals surface area contributed by atoms with Gasteiger partial charge in [-0.1, -0.05) is 28.1 Å². The fourth-order valence-corrected chi connectivity index (χ4v) is 2.10. The van der Waals surface area contributed by atoms with Gasteiger partial charge in [-0.25, -0.2) is 0 Å². The average Bonchev–Trinajstić information content (AvgIpc) is 2.39. The molecule has 1 aromatic carbocycles. The van der Waals surface area contributed by atoms with Crippen LogP contribution in [0.15, 0.2) is 28.7 Å². The van der Waals surface area contributed by atoms with Crippen LogP contribution in [0.5, 0.6) is 0 Å². The van der Waals surface area contributed by atoms with Crippen molar-refractivity contribution in [3.8, 4) is 0 Å². The van der Waals surface area contributed by atoms with Gasteiger partial charge in [-0.3, -0.25) is 0 Å². The van der Waals surface area contributed by atoms with Gasteiger partial charge < -0.3 is 15.2 Å². The number of rotatable bonds is 9. The highest BCUT2D eigenvalue weighted by Crippen LogP contribution is 2.22. The van der Waals surface area contributed by atoms with E-state index in [-0.39, 0.29) is 0 Å². The van der Waals surface area contributed by atoms with E-state index < -0.39 is 0 Å². The van der Waals surface area contributed by atoms with Crippen LogP contribution in [-0.4, -0.2) is 33.5 Å². The minimum atomic E-state index is 0.420. The molecule has 0 radical (unpaired) electrons. The standard InChI is InChI=1S/C14H22BrNO2/c1-17-9-10-18-8-2-3-13(11-16)12-4-6-14(15)7-5-12/h4-7,13H,2-3,8-11,16H2,1H3. The van der Waals surface area contributed by atoms with E-state index in [0.29, 0.717) is 25.7 Å². The van der Waals surface area contributed by atoms with E-state index in [9.17, 15) is 0 Å². The molecule has 4 heteroatoms. The second-order valence-electron chi connectivity index (χ2n) is 4.23. The quantitative estimate of drug-likeness (QED) is 0.713. The van der Waals surface area contributed by atoms with Crippen LogP contribution >= 0.6 is 15.9 Å². The molecule has 0 aliphatic carbocycles. The van der Waals surface area contributed by atoms with Gasteiger partial charge in [0.2, 0.25) is 0 Å². The summed E-state index contributed by atoms with van der Waals surface area (Å²) >= 11 is 3.44. The Morgan fingerprint density at radius 2 is 1.89 bits per heavy atom. The van der Waals surface area contributed by atoms with Crippen molar-refractivity contribution in [1.82, 2.24) is 0 Å². The maximum absolute atomic E-state index is 5.83. The SMILES string of the molecule is COCCOCCCC(CN)c1ccc(Br)cc1. The highest BCUT2D eigenvalue weighted by atomic mass is 79.9. The summed E-state index contributed by atoms with van der Waals surface area (Å²) in [6.07, 6.45) is 2.09. The highest BCUT2D eigenvalue weighted by Gasteiger charge is 2.09. The Labute approximate surface area is 118 Å². The van der Waals surface area contributed by atoms with Gasteiger partial charge in [-0.15, -0.1) is 0 Å². The third kappa shape index (κ3) is 5.96. The van der Waals surface area contributed by atoms with Crippen molar-refractivity contribution >= 4 is 15.9 Å². The number of halogens is 1. The Morgan fingerprint density at radius 1 is 1.17 bits per heavy atom. The van der Waals surface area contributed by atoms with Gasteiger partial charge in [-0.2, -0.15) is 0 Å². The first-order valence-corrected chi connectivity index (χ1v) is 7.09. The molecular formula is C14H22BrNO2. The summed E-state index contributed by atoms with van der Waals surface area (Å²) in [6.45, 7) is 2.78. The van der Waals surface area contributed by atoms with Crippen molar-refractivity contribution in [2.45, 2.75) is 18.8 Å². The van der Waals surface area contributed by atoms with E-state index in [0.717, 1.165) is 23.9 Å². The first-order valence-electron chi connectivity index (χ1n) is 6.30. The van der Waals surface area contributed by atoms with E-state index >= 15 is 0 Å². The molecule has 1 aromatic rings. The number of hydrogen-bond donors (Lipinski definition) is 1. The molecule has 0 bridgehead atoms. The molecule has 0 aliphatic rings. The Kier molecular flexibility index (Phi) is 8.25. The fourth-order valence-electron chi connectivity index (χ4n) is 1.83. The summed E-state index contributed by atoms with van der Waals surface area (Å²) in [7, 11) is 1.68. The Hall–Kier alpha value is -0.420. The van der Waals surface area contributed by atoms with E-state index in [2.05, 4.69) is 40.2 Å². The minimum absolute atomic E-state index is 0.420. The summed E-state index contributed by atoms with van der Waals surface area (Å²) < 4.78 is 11.5. The van der Waals surface area contributed by atoms with Crippen molar-refractivity contribution in [3.63, 3.8) is 0 Å². The van der Waals surface area contributed by atoms with Crippen LogP contribution in [0.2, 0.25) is 0 Å². The third-order valence-electron chi connectivity index (χ3n) is 2.90. The van der Waals surface area contributed by atoms with Crippen LogP contribution < -0.4 is 5.73 Å². The Morgan fingerprint density at radius 3 is 2.50 bits per heavy atom. The van der Waals surface area contributed by atoms with Gasteiger partial charge in [0.1, 0.15) is 0 Å². The van der Waals surface area contributed by atoms with Crippen LogP contribution in [0.25, 0.3) is 0 Å². The molecule has 0 aromatic heterocycles. The lowest BCUT2D eigenvalue weighted by Crippen LogP contribution is -2.13. The maximum Gasteiger partial charge on any atom is 0.0700 e. The molecule has 1 atom stereocenters. The maximum atomic E-state index is 5.83. The zero-order valence-corrected chi connectivity index (χ0v) is 12.5. The van der Waals surface area contributed by atoms with Crippen LogP contribution in [0.1, 0.15) is 24.3 Å². The van der Waals surface area contributed by atoms with Crippen LogP contribution in [0.3, 0.4) is 0 Å². The summed E-state index contributed by atoms with van der Waals surface area (Å²) in [5.74, 6) is 0.420. The largest absolute Gasteiger partial charge is 0.382 e. The van der Waals surface area contributed by atoms with Gasteiger partial charge in [-0.05, 0) is 43.0 Å². The van der Waals surface area contributed by atoms with Crippen LogP contribution in [0, 0.1) is 0 Å². The predicted octanol–water partition coefficient (Wildman–Crippen LogP) is 2.93. The van der Waals surface area contributed by atoms with Crippen molar-refractivity contribution in [1.29, 1.82) is 0 Å². The summed E-state index contributed by atoms with van der Waals surface area (Å²) in [4.78, 5) is 0. The monoisotopic (exact) mass is 315 g/mol. The highest BCUT2D eigenvalue weighted by molar-refractivity contribution is 9.10. The second-order valence-corrected chi connectivity index (χ2v) is 5.15. The molecule has 1 unspecified atom stereocenters. The zero-order valence-electron chi connectivity index (χ0n) is 10.9. The first kappa shape index (κ1) is 15.6. The minimum Gasteiger partial charge on any atom is -0.382 e. The molecule has 1 rings (SSSR count). The van der Waals surface area contributed by atoms with E-state index in [1.54, 1.807) is 7.11 Å². The van der Waals surface area contributed by atoms with E-state index in [1.165, 1.54) is 5.56 Å². The van der Waals surface area contributed by atoms with Gasteiger partial charge in [0.25, 0.3) is 0 Å². The summed E-state index contributed by atoms with van der Waals surface area (Å²) in [6, 6.07) is 8.39. The van der Waals surface area contributed by atoms with Gasteiger partial charge in [0.05, 0.1) is 13.2 Å². The number of nitrogens with two attached hydrogens (primary N) is 1. The van der Waals surface area contributed by atoms with Crippen molar-refractivity contribution in [3.05, 3.63) is 34.3 Å². The van der Waals surface area contributed by atoms with Crippen LogP contribution in [0.4, 0.5) is 0 Å². The molecule has 0 fully saturated rings. The number of hydrogen-bond acceptors (Lipinski definition) is 3. The molecule has 0 amide bonds. The first-order chi connectivity index (χ1) is 8.77. The second kappa shape index (κ2) is 9.50. The number of ether oxygens (including phenoxy) is 2.